The fraction of sp³-hybridized carbons (Fsp3) is 0.417. The molecule has 7 heteroatoms. The monoisotopic (exact) mass is 455 g/mol. The molecule has 0 saturated carbocycles. The van der Waals surface area contributed by atoms with Crippen LogP contribution in [0.1, 0.15) is 46.3 Å². The van der Waals surface area contributed by atoms with Crippen LogP contribution in [0.2, 0.25) is 0 Å². The minimum Gasteiger partial charge on any atom is -0.376 e. The molecular formula is C24H29N3O2S2. The van der Waals surface area contributed by atoms with E-state index in [2.05, 4.69) is 54.1 Å². The van der Waals surface area contributed by atoms with E-state index < -0.39 is 0 Å². The maximum absolute atomic E-state index is 12.9. The third-order valence-electron chi connectivity index (χ3n) is 5.71. The van der Waals surface area contributed by atoms with Gasteiger partial charge in [-0.05, 0) is 50.6 Å². The van der Waals surface area contributed by atoms with Crippen molar-refractivity contribution in [2.45, 2.75) is 57.5 Å². The maximum Gasteiger partial charge on any atom is 0.231 e. The highest BCUT2D eigenvalue weighted by atomic mass is 32.2. The summed E-state index contributed by atoms with van der Waals surface area (Å²) >= 11 is 3.16. The van der Waals surface area contributed by atoms with Gasteiger partial charge < -0.3 is 14.6 Å². The molecule has 2 aromatic heterocycles. The van der Waals surface area contributed by atoms with Crippen molar-refractivity contribution in [2.75, 3.05) is 12.4 Å². The molecule has 0 spiro atoms. The van der Waals surface area contributed by atoms with E-state index in [1.807, 2.05) is 18.4 Å². The zero-order chi connectivity index (χ0) is 21.8. The summed E-state index contributed by atoms with van der Waals surface area (Å²) in [5.74, 6) is 0.334. The molecule has 31 heavy (non-hydrogen) atoms. The Bertz CT molecular complexity index is 1010. The number of imidazole rings is 1. The summed E-state index contributed by atoms with van der Waals surface area (Å²) in [7, 11) is 0. The molecule has 1 N–H and O–H groups in total. The van der Waals surface area contributed by atoms with E-state index >= 15 is 0 Å². The zero-order valence-corrected chi connectivity index (χ0v) is 19.9. The maximum atomic E-state index is 12.9. The Morgan fingerprint density at radius 3 is 2.77 bits per heavy atom. The Balaban J connectivity index is 1.44. The normalized spacial score (nSPS) is 17.1. The number of carbonyl (C=O) groups excluding carboxylic acids is 1. The smallest absolute Gasteiger partial charge is 0.231 e. The Morgan fingerprint density at radius 1 is 1.29 bits per heavy atom. The molecular weight excluding hydrogens is 426 g/mol. The molecule has 0 unspecified atom stereocenters. The quantitative estimate of drug-likeness (QED) is 0.483. The van der Waals surface area contributed by atoms with Crippen LogP contribution in [0.3, 0.4) is 0 Å². The van der Waals surface area contributed by atoms with E-state index in [0.29, 0.717) is 5.75 Å². The molecule has 1 amide bonds. The van der Waals surface area contributed by atoms with Crippen molar-refractivity contribution < 1.29 is 9.53 Å². The van der Waals surface area contributed by atoms with Gasteiger partial charge in [-0.1, -0.05) is 47.7 Å². The summed E-state index contributed by atoms with van der Waals surface area (Å²) in [6, 6.07) is 12.3. The van der Waals surface area contributed by atoms with Gasteiger partial charge in [0.25, 0.3) is 0 Å². The molecule has 0 bridgehead atoms. The number of amides is 1. The largest absolute Gasteiger partial charge is 0.376 e. The number of nitrogens with one attached hydrogen (secondary N) is 1. The molecule has 1 aromatic carbocycles. The lowest BCUT2D eigenvalue weighted by atomic mass is 10.0. The van der Waals surface area contributed by atoms with Crippen LogP contribution in [0.25, 0.3) is 0 Å². The first-order chi connectivity index (χ1) is 15.0. The van der Waals surface area contributed by atoms with E-state index in [1.54, 1.807) is 11.3 Å². The van der Waals surface area contributed by atoms with E-state index in [1.165, 1.54) is 17.3 Å². The van der Waals surface area contributed by atoms with Crippen molar-refractivity contribution in [1.29, 1.82) is 0 Å². The topological polar surface area (TPSA) is 56.2 Å². The first-order valence-electron chi connectivity index (χ1n) is 10.7. The molecule has 3 aromatic rings. The number of thiophene rings is 1. The van der Waals surface area contributed by atoms with Gasteiger partial charge in [-0.15, -0.1) is 11.3 Å². The lowest BCUT2D eigenvalue weighted by Crippen LogP contribution is -2.30. The summed E-state index contributed by atoms with van der Waals surface area (Å²) in [4.78, 5) is 18.8. The van der Waals surface area contributed by atoms with Gasteiger partial charge in [0.05, 0.1) is 30.1 Å². The van der Waals surface area contributed by atoms with E-state index in [-0.39, 0.29) is 18.1 Å². The van der Waals surface area contributed by atoms with Gasteiger partial charge >= 0.3 is 0 Å². The first kappa shape index (κ1) is 22.1. The molecule has 4 rings (SSSR count). The van der Waals surface area contributed by atoms with E-state index in [9.17, 15) is 4.79 Å². The van der Waals surface area contributed by atoms with Crippen LogP contribution < -0.4 is 5.32 Å². The highest BCUT2D eigenvalue weighted by Gasteiger charge is 2.22. The zero-order valence-electron chi connectivity index (χ0n) is 18.3. The predicted molar refractivity (Wildman–Crippen MR) is 127 cm³/mol. The number of benzene rings is 1. The number of aryl methyl sites for hydroxylation is 2. The van der Waals surface area contributed by atoms with Crippen LogP contribution in [0.4, 0.5) is 0 Å². The second kappa shape index (κ2) is 10.0. The summed E-state index contributed by atoms with van der Waals surface area (Å²) in [5.41, 5.74) is 4.46. The summed E-state index contributed by atoms with van der Waals surface area (Å²) in [6.07, 6.45) is 2.44. The standard InChI is InChI=1S/C24H29N3O2S2/c1-16-8-10-19(11-9-16)23(21-7-5-13-30-21)26-22(28)15-31-24-25-17(2)18(3)27(24)14-20-6-4-12-29-20/h5,7-11,13,20,23H,4,6,12,14-15H2,1-3H3,(H,26,28)/t20-,23+/m0/s1. The lowest BCUT2D eigenvalue weighted by molar-refractivity contribution is -0.119. The number of hydrogen-bond acceptors (Lipinski definition) is 5. The Labute approximate surface area is 192 Å². The molecule has 1 saturated heterocycles. The van der Waals surface area contributed by atoms with Crippen molar-refractivity contribution in [2.24, 2.45) is 0 Å². The second-order valence-corrected chi connectivity index (χ2v) is 9.95. The van der Waals surface area contributed by atoms with Gasteiger partial charge in [0.1, 0.15) is 0 Å². The fourth-order valence-corrected chi connectivity index (χ4v) is 5.52. The minimum absolute atomic E-state index is 0.00551. The number of thioether (sulfide) groups is 1. The summed E-state index contributed by atoms with van der Waals surface area (Å²) in [5, 5.41) is 6.17. The molecule has 5 nitrogen and oxygen atoms in total. The highest BCUT2D eigenvalue weighted by Crippen LogP contribution is 2.28. The summed E-state index contributed by atoms with van der Waals surface area (Å²) < 4.78 is 8.03. The molecule has 164 valence electrons. The van der Waals surface area contributed by atoms with Gasteiger partial charge in [0, 0.05) is 17.2 Å². The van der Waals surface area contributed by atoms with Gasteiger partial charge in [0.15, 0.2) is 5.16 Å². The van der Waals surface area contributed by atoms with E-state index in [0.717, 1.165) is 53.0 Å². The lowest BCUT2D eigenvalue weighted by Gasteiger charge is -2.19. The molecule has 1 aliphatic heterocycles. The second-order valence-electron chi connectivity index (χ2n) is 8.03. The fourth-order valence-electron chi connectivity index (χ4n) is 3.81. The average Bonchev–Trinajstić information content (AvgIpc) is 3.51. The molecule has 0 radical (unpaired) electrons. The van der Waals surface area contributed by atoms with Crippen LogP contribution in [0.5, 0.6) is 0 Å². The Morgan fingerprint density at radius 2 is 2.10 bits per heavy atom. The highest BCUT2D eigenvalue weighted by molar-refractivity contribution is 7.99. The molecule has 0 aliphatic carbocycles. The van der Waals surface area contributed by atoms with Gasteiger partial charge in [-0.2, -0.15) is 0 Å². The number of hydrogen-bond donors (Lipinski definition) is 1. The van der Waals surface area contributed by atoms with Crippen LogP contribution in [-0.4, -0.2) is 33.9 Å². The van der Waals surface area contributed by atoms with Crippen LogP contribution >= 0.6 is 23.1 Å². The minimum atomic E-state index is -0.135. The van der Waals surface area contributed by atoms with Crippen molar-refractivity contribution in [3.05, 3.63) is 69.2 Å². The molecule has 1 fully saturated rings. The molecule has 1 aliphatic rings. The van der Waals surface area contributed by atoms with Crippen molar-refractivity contribution in [3.8, 4) is 0 Å². The van der Waals surface area contributed by atoms with Crippen molar-refractivity contribution in [3.63, 3.8) is 0 Å². The van der Waals surface area contributed by atoms with Gasteiger partial charge in [0.2, 0.25) is 5.91 Å². The number of nitrogens with zero attached hydrogens (tertiary/aromatic N) is 2. The third-order valence-corrected chi connectivity index (χ3v) is 7.62. The molecule has 3 heterocycles. The molecule has 2 atom stereocenters. The SMILES string of the molecule is Cc1ccc([C@@H](NC(=O)CSc2nc(C)c(C)n2C[C@@H]2CCCO2)c2cccs2)cc1. The van der Waals surface area contributed by atoms with Gasteiger partial charge in [-0.25, -0.2) is 4.98 Å². The number of ether oxygens (including phenoxy) is 1. The predicted octanol–water partition coefficient (Wildman–Crippen LogP) is 5.05. The number of aromatic nitrogens is 2. The van der Waals surface area contributed by atoms with Crippen LogP contribution in [0, 0.1) is 20.8 Å². The number of rotatable bonds is 8. The third kappa shape index (κ3) is 5.40. The number of carbonyl (C=O) groups is 1. The average molecular weight is 456 g/mol. The Kier molecular flexibility index (Phi) is 7.15. The van der Waals surface area contributed by atoms with Crippen molar-refractivity contribution in [1.82, 2.24) is 14.9 Å². The first-order valence-corrected chi connectivity index (χ1v) is 12.5. The van der Waals surface area contributed by atoms with E-state index in [4.69, 9.17) is 9.72 Å². The Hall–Kier alpha value is -2.09. The van der Waals surface area contributed by atoms with Crippen molar-refractivity contribution >= 4 is 29.0 Å². The summed E-state index contributed by atoms with van der Waals surface area (Å²) in [6.45, 7) is 7.83. The van der Waals surface area contributed by atoms with Crippen LogP contribution in [-0.2, 0) is 16.1 Å². The van der Waals surface area contributed by atoms with Crippen LogP contribution in [0.15, 0.2) is 46.9 Å². The van der Waals surface area contributed by atoms with Gasteiger partial charge in [-0.3, -0.25) is 4.79 Å².